The Morgan fingerprint density at radius 3 is 0.611 bits per heavy atom. The molecule has 0 nitrogen and oxygen atoms in total. The normalized spacial score (nSPS) is 10.4. The molecule has 72 heavy (non-hydrogen) atoms. The van der Waals surface area contributed by atoms with E-state index in [4.69, 9.17) is 0 Å². The highest BCUT2D eigenvalue weighted by Gasteiger charge is 2.08. The molecule has 0 amide bonds. The van der Waals surface area contributed by atoms with Crippen LogP contribution in [0.4, 0.5) is 0 Å². The second-order valence-electron chi connectivity index (χ2n) is 17.3. The van der Waals surface area contributed by atoms with Crippen LogP contribution in [-0.4, -0.2) is 0 Å². The van der Waals surface area contributed by atoms with Gasteiger partial charge in [0.1, 0.15) is 0 Å². The van der Waals surface area contributed by atoms with Crippen molar-refractivity contribution >= 4 is 63.7 Å². The Bertz CT molecular complexity index is 3070. The van der Waals surface area contributed by atoms with Crippen molar-refractivity contribution in [2.75, 3.05) is 0 Å². The van der Waals surface area contributed by atoms with Gasteiger partial charge in [0, 0.05) is 17.9 Å². The Hall–Kier alpha value is -6.66. The minimum atomic E-state index is 1.07. The van der Waals surface area contributed by atoms with Crippen LogP contribution < -0.4 is 0 Å². The molecule has 11 aromatic carbocycles. The summed E-state index contributed by atoms with van der Waals surface area (Å²) in [4.78, 5) is 0. The van der Waals surface area contributed by atoms with Crippen molar-refractivity contribution in [1.29, 1.82) is 0 Å². The summed E-state index contributed by atoms with van der Waals surface area (Å²) in [6, 6.07) is 98.0. The predicted molar refractivity (Wildman–Crippen MR) is 324 cm³/mol. The summed E-state index contributed by atoms with van der Waals surface area (Å²) < 4.78 is 4.32. The quantitative estimate of drug-likeness (QED) is 0.149. The highest BCUT2D eigenvalue weighted by atomic mass is 79.9. The highest BCUT2D eigenvalue weighted by molar-refractivity contribution is 9.11. The van der Waals surface area contributed by atoms with Crippen molar-refractivity contribution in [2.24, 2.45) is 0 Å². The Labute approximate surface area is 459 Å². The zero-order valence-electron chi connectivity index (χ0n) is 40.1. The molecule has 4 heteroatoms. The minimum Gasteiger partial charge on any atom is -0.0622 e. The molecule has 0 saturated carbocycles. The Morgan fingerprint density at radius 1 is 0.167 bits per heavy atom. The summed E-state index contributed by atoms with van der Waals surface area (Å²) in [5.74, 6) is 0. The van der Waals surface area contributed by atoms with Crippen molar-refractivity contribution in [3.05, 3.63) is 308 Å². The van der Waals surface area contributed by atoms with Gasteiger partial charge in [-0.05, 0) is 158 Å². The van der Waals surface area contributed by atoms with Gasteiger partial charge in [-0.15, -0.1) is 0 Å². The van der Waals surface area contributed by atoms with Gasteiger partial charge in [0.25, 0.3) is 0 Å². The second kappa shape index (κ2) is 26.2. The van der Waals surface area contributed by atoms with Gasteiger partial charge < -0.3 is 0 Å². The van der Waals surface area contributed by atoms with Gasteiger partial charge in [0.2, 0.25) is 0 Å². The minimum absolute atomic E-state index is 1.07. The molecule has 0 aromatic heterocycles. The molecule has 0 aliphatic rings. The van der Waals surface area contributed by atoms with Crippen molar-refractivity contribution in [3.8, 4) is 77.9 Å². The average Bonchev–Trinajstić information content (AvgIpc) is 3.42. The molecule has 11 rings (SSSR count). The van der Waals surface area contributed by atoms with Crippen molar-refractivity contribution in [1.82, 2.24) is 0 Å². The zero-order valence-corrected chi connectivity index (χ0v) is 46.4. The Morgan fingerprint density at radius 2 is 0.361 bits per heavy atom. The summed E-state index contributed by atoms with van der Waals surface area (Å²) in [7, 11) is 0. The molecular weight excluding hydrogens is 1140 g/mol. The van der Waals surface area contributed by atoms with Crippen LogP contribution in [0.2, 0.25) is 0 Å². The first-order chi connectivity index (χ1) is 35.1. The van der Waals surface area contributed by atoms with E-state index in [1.165, 1.54) is 89.0 Å². The largest absolute Gasteiger partial charge is 0.0622 e. The number of halogens is 4. The zero-order chi connectivity index (χ0) is 50.1. The van der Waals surface area contributed by atoms with Gasteiger partial charge in [0.05, 0.1) is 0 Å². The first-order valence-corrected chi connectivity index (χ1v) is 26.9. The van der Waals surface area contributed by atoms with E-state index in [0.29, 0.717) is 0 Å². The van der Waals surface area contributed by atoms with Crippen molar-refractivity contribution < 1.29 is 0 Å². The van der Waals surface area contributed by atoms with E-state index in [9.17, 15) is 0 Å². The number of aryl methyl sites for hydroxylation is 2. The van der Waals surface area contributed by atoms with E-state index in [0.717, 1.165) is 17.9 Å². The standard InChI is InChI=1S/C25H20.C19H16.C18H13Br.C6H3Br3/c1-19-12-14-22(15-13-19)25-17-23(20-8-4-2-5-9-20)16-24(18-25)21-10-6-3-7-11-21;1-15-12-18(16-8-4-2-5-9-16)14-19(13-15)17-10-6-3-7-11-17;19-18-12-16(14-7-3-1-4-8-14)11-17(13-18)15-9-5-2-6-10-15;7-4-1-5(8)3-6(9)2-4/h2-18H,1H3;2-14H,1H3;1-13H;1-3H. The molecule has 11 aromatic rings. The number of rotatable bonds is 7. The van der Waals surface area contributed by atoms with Gasteiger partial charge in [-0.2, -0.15) is 0 Å². The molecule has 0 N–H and O–H groups in total. The molecule has 0 unspecified atom stereocenters. The lowest BCUT2D eigenvalue weighted by molar-refractivity contribution is 1.46. The van der Waals surface area contributed by atoms with Crippen LogP contribution in [0.25, 0.3) is 77.9 Å². The van der Waals surface area contributed by atoms with Crippen LogP contribution in [-0.2, 0) is 0 Å². The van der Waals surface area contributed by atoms with Crippen molar-refractivity contribution in [2.45, 2.75) is 13.8 Å². The van der Waals surface area contributed by atoms with Crippen LogP contribution in [0.1, 0.15) is 11.1 Å². The lowest BCUT2D eigenvalue weighted by Gasteiger charge is -2.11. The number of hydrogen-bond acceptors (Lipinski definition) is 0. The molecule has 0 radical (unpaired) electrons. The van der Waals surface area contributed by atoms with Gasteiger partial charge in [0.15, 0.2) is 0 Å². The summed E-state index contributed by atoms with van der Waals surface area (Å²) in [5.41, 5.74) is 20.1. The molecule has 0 aliphatic heterocycles. The van der Waals surface area contributed by atoms with Crippen LogP contribution in [0.5, 0.6) is 0 Å². The van der Waals surface area contributed by atoms with Crippen LogP contribution in [0.15, 0.2) is 297 Å². The lowest BCUT2D eigenvalue weighted by Crippen LogP contribution is -1.86. The second-order valence-corrected chi connectivity index (χ2v) is 20.9. The molecule has 0 bridgehead atoms. The van der Waals surface area contributed by atoms with E-state index in [-0.39, 0.29) is 0 Å². The van der Waals surface area contributed by atoms with Gasteiger partial charge in [-0.25, -0.2) is 0 Å². The number of benzene rings is 11. The maximum atomic E-state index is 3.61. The van der Waals surface area contributed by atoms with E-state index in [1.54, 1.807) is 0 Å². The lowest BCUT2D eigenvalue weighted by atomic mass is 9.93. The maximum Gasteiger partial charge on any atom is 0.0197 e. The third-order valence-electron chi connectivity index (χ3n) is 11.8. The van der Waals surface area contributed by atoms with E-state index in [2.05, 4.69) is 326 Å². The third-order valence-corrected chi connectivity index (χ3v) is 13.6. The molecule has 0 spiro atoms. The van der Waals surface area contributed by atoms with E-state index in [1.807, 2.05) is 30.3 Å². The van der Waals surface area contributed by atoms with E-state index < -0.39 is 0 Å². The smallest absolute Gasteiger partial charge is 0.0197 e. The fraction of sp³-hybridized carbons (Fsp3) is 0.0294. The molecule has 0 fully saturated rings. The first-order valence-electron chi connectivity index (χ1n) is 23.7. The van der Waals surface area contributed by atoms with Gasteiger partial charge >= 0.3 is 0 Å². The average molecular weight is 1190 g/mol. The first kappa shape index (κ1) is 51.7. The SMILES string of the molecule is Brc1cc(-c2ccccc2)cc(-c2ccccc2)c1.Brc1cc(Br)cc(Br)c1.Cc1cc(-c2ccccc2)cc(-c2ccccc2)c1.Cc1ccc(-c2cc(-c3ccccc3)cc(-c3ccccc3)c2)cc1. The highest BCUT2D eigenvalue weighted by Crippen LogP contribution is 2.34. The summed E-state index contributed by atoms with van der Waals surface area (Å²) in [5, 5.41) is 0. The van der Waals surface area contributed by atoms with Crippen LogP contribution >= 0.6 is 63.7 Å². The summed E-state index contributed by atoms with van der Waals surface area (Å²) in [6.07, 6.45) is 0. The summed E-state index contributed by atoms with van der Waals surface area (Å²) >= 11 is 13.7. The maximum absolute atomic E-state index is 3.61. The third kappa shape index (κ3) is 15.2. The molecular formula is C68H52Br4. The van der Waals surface area contributed by atoms with Gasteiger partial charge in [-0.3, -0.25) is 0 Å². The van der Waals surface area contributed by atoms with Gasteiger partial charge in [-0.1, -0.05) is 288 Å². The molecule has 0 atom stereocenters. The van der Waals surface area contributed by atoms with Crippen molar-refractivity contribution in [3.63, 3.8) is 0 Å². The van der Waals surface area contributed by atoms with Crippen LogP contribution in [0, 0.1) is 13.8 Å². The Balaban J connectivity index is 0.000000134. The van der Waals surface area contributed by atoms with Crippen LogP contribution in [0.3, 0.4) is 0 Å². The molecule has 352 valence electrons. The molecule has 0 saturated heterocycles. The predicted octanol–water partition coefficient (Wildman–Crippen LogP) is 22.1. The molecule has 0 heterocycles. The fourth-order valence-corrected chi connectivity index (χ4v) is 11.1. The fourth-order valence-electron chi connectivity index (χ4n) is 8.22. The monoisotopic (exact) mass is 1180 g/mol. The number of hydrogen-bond donors (Lipinski definition) is 0. The molecule has 0 aliphatic carbocycles. The van der Waals surface area contributed by atoms with E-state index >= 15 is 0 Å². The topological polar surface area (TPSA) is 0 Å². The summed E-state index contributed by atoms with van der Waals surface area (Å²) in [6.45, 7) is 4.28. The Kier molecular flexibility index (Phi) is 18.8.